The Morgan fingerprint density at radius 1 is 0.750 bits per heavy atom. The molecule has 0 fully saturated rings. The molecule has 0 unspecified atom stereocenters. The van der Waals surface area contributed by atoms with Crippen LogP contribution < -0.4 is 0 Å². The Labute approximate surface area is 123 Å². The number of rotatable bonds is 11. The summed E-state index contributed by atoms with van der Waals surface area (Å²) in [7, 11) is 0. The Kier molecular flexibility index (Phi) is 10.1. The van der Waals surface area contributed by atoms with Gasteiger partial charge in [0.25, 0.3) is 0 Å². The van der Waals surface area contributed by atoms with Crippen LogP contribution in [0.5, 0.6) is 0 Å². The summed E-state index contributed by atoms with van der Waals surface area (Å²) in [5, 5.41) is 0. The normalized spacial score (nSPS) is 11.2. The van der Waals surface area contributed by atoms with Crippen molar-refractivity contribution in [3.05, 3.63) is 0 Å². The van der Waals surface area contributed by atoms with Gasteiger partial charge >= 0.3 is 11.9 Å². The molecule has 0 aliphatic rings. The molecule has 20 heavy (non-hydrogen) atoms. The molecule has 0 aromatic heterocycles. The SMILES string of the molecule is CCCCCCOC(=O)C(CC)(CC)C(=O)OCCC. The maximum absolute atomic E-state index is 12.2. The van der Waals surface area contributed by atoms with Crippen molar-refractivity contribution in [3.63, 3.8) is 0 Å². The highest BCUT2D eigenvalue weighted by Gasteiger charge is 2.45. The third-order valence-electron chi connectivity index (χ3n) is 3.66. The van der Waals surface area contributed by atoms with Crippen molar-refractivity contribution in [2.24, 2.45) is 5.41 Å². The molecular weight excluding hydrogens is 256 g/mol. The number of carbonyl (C=O) groups is 2. The van der Waals surface area contributed by atoms with Gasteiger partial charge < -0.3 is 9.47 Å². The first kappa shape index (κ1) is 18.9. The van der Waals surface area contributed by atoms with Crippen molar-refractivity contribution >= 4 is 11.9 Å². The minimum atomic E-state index is -1.13. The highest BCUT2D eigenvalue weighted by molar-refractivity contribution is 5.99. The van der Waals surface area contributed by atoms with Gasteiger partial charge in [-0.3, -0.25) is 9.59 Å². The van der Waals surface area contributed by atoms with E-state index in [4.69, 9.17) is 9.47 Å². The molecule has 0 rings (SSSR count). The Hall–Kier alpha value is -1.06. The van der Waals surface area contributed by atoms with Gasteiger partial charge in [0, 0.05) is 0 Å². The minimum Gasteiger partial charge on any atom is -0.465 e. The van der Waals surface area contributed by atoms with E-state index >= 15 is 0 Å². The molecule has 0 amide bonds. The quantitative estimate of drug-likeness (QED) is 0.329. The fourth-order valence-corrected chi connectivity index (χ4v) is 2.08. The lowest BCUT2D eigenvalue weighted by Crippen LogP contribution is -2.41. The predicted octanol–water partition coefficient (Wildman–Crippen LogP) is 3.87. The highest BCUT2D eigenvalue weighted by atomic mass is 16.6. The standard InChI is InChI=1S/C16H30O4/c1-5-9-10-11-13-20-15(18)16(7-3,8-4)14(17)19-12-6-2/h5-13H2,1-4H3. The van der Waals surface area contributed by atoms with Gasteiger partial charge in [-0.1, -0.05) is 47.0 Å². The molecule has 0 N–H and O–H groups in total. The van der Waals surface area contributed by atoms with E-state index in [-0.39, 0.29) is 0 Å². The lowest BCUT2D eigenvalue weighted by molar-refractivity contribution is -0.173. The molecule has 0 heterocycles. The maximum atomic E-state index is 12.2. The first-order valence-corrected chi connectivity index (χ1v) is 7.93. The number of carbonyl (C=O) groups excluding carboxylic acids is 2. The lowest BCUT2D eigenvalue weighted by Gasteiger charge is -2.26. The molecule has 0 aromatic carbocycles. The van der Waals surface area contributed by atoms with Crippen molar-refractivity contribution in [2.45, 2.75) is 72.6 Å². The van der Waals surface area contributed by atoms with Gasteiger partial charge in [-0.25, -0.2) is 0 Å². The number of hydrogen-bond donors (Lipinski definition) is 0. The molecule has 0 spiro atoms. The van der Waals surface area contributed by atoms with Gasteiger partial charge in [-0.05, 0) is 25.7 Å². The summed E-state index contributed by atoms with van der Waals surface area (Å²) in [5.74, 6) is -0.872. The molecule has 0 bridgehead atoms. The summed E-state index contributed by atoms with van der Waals surface area (Å²) in [5.41, 5.74) is -1.13. The summed E-state index contributed by atoms with van der Waals surface area (Å²) < 4.78 is 10.5. The van der Waals surface area contributed by atoms with Crippen molar-refractivity contribution in [3.8, 4) is 0 Å². The van der Waals surface area contributed by atoms with Crippen molar-refractivity contribution < 1.29 is 19.1 Å². The highest BCUT2D eigenvalue weighted by Crippen LogP contribution is 2.30. The minimum absolute atomic E-state index is 0.352. The second-order valence-electron chi connectivity index (χ2n) is 5.12. The van der Waals surface area contributed by atoms with Crippen LogP contribution in [0.4, 0.5) is 0 Å². The van der Waals surface area contributed by atoms with Crippen LogP contribution in [-0.4, -0.2) is 25.2 Å². The summed E-state index contributed by atoms with van der Waals surface area (Å²) in [6.45, 7) is 8.46. The van der Waals surface area contributed by atoms with Crippen LogP contribution in [0.15, 0.2) is 0 Å². The Balaban J connectivity index is 4.47. The Morgan fingerprint density at radius 2 is 1.30 bits per heavy atom. The van der Waals surface area contributed by atoms with E-state index in [1.54, 1.807) is 0 Å². The number of unbranched alkanes of at least 4 members (excludes halogenated alkanes) is 3. The first-order valence-electron chi connectivity index (χ1n) is 7.93. The van der Waals surface area contributed by atoms with E-state index in [2.05, 4.69) is 6.92 Å². The Bertz CT molecular complexity index is 282. The predicted molar refractivity (Wildman–Crippen MR) is 79.4 cm³/mol. The molecule has 0 aliphatic carbocycles. The van der Waals surface area contributed by atoms with Gasteiger partial charge in [0.1, 0.15) is 0 Å². The molecule has 4 nitrogen and oxygen atoms in total. The molecule has 0 atom stereocenters. The summed E-state index contributed by atoms with van der Waals surface area (Å²) in [4.78, 5) is 24.4. The molecule has 118 valence electrons. The van der Waals surface area contributed by atoms with Gasteiger partial charge in [0.05, 0.1) is 13.2 Å². The van der Waals surface area contributed by atoms with Crippen LogP contribution in [0.3, 0.4) is 0 Å². The topological polar surface area (TPSA) is 52.6 Å². The lowest BCUT2D eigenvalue weighted by atomic mass is 9.82. The summed E-state index contributed by atoms with van der Waals surface area (Å²) >= 11 is 0. The van der Waals surface area contributed by atoms with Crippen molar-refractivity contribution in [1.29, 1.82) is 0 Å². The molecule has 0 radical (unpaired) electrons. The second-order valence-corrected chi connectivity index (χ2v) is 5.12. The van der Waals surface area contributed by atoms with Gasteiger partial charge in [0.2, 0.25) is 0 Å². The van der Waals surface area contributed by atoms with E-state index in [1.807, 2.05) is 20.8 Å². The number of hydrogen-bond acceptors (Lipinski definition) is 4. The van der Waals surface area contributed by atoms with E-state index in [0.29, 0.717) is 26.1 Å². The second kappa shape index (κ2) is 10.7. The molecular formula is C16H30O4. The van der Waals surface area contributed by atoms with E-state index in [1.165, 1.54) is 0 Å². The Morgan fingerprint density at radius 3 is 1.75 bits per heavy atom. The third kappa shape index (κ3) is 5.51. The van der Waals surface area contributed by atoms with E-state index in [0.717, 1.165) is 32.1 Å². The average molecular weight is 286 g/mol. The number of ether oxygens (including phenoxy) is 2. The van der Waals surface area contributed by atoms with Gasteiger partial charge in [0.15, 0.2) is 5.41 Å². The molecule has 0 saturated heterocycles. The molecule has 0 saturated carbocycles. The van der Waals surface area contributed by atoms with Gasteiger partial charge in [-0.15, -0.1) is 0 Å². The average Bonchev–Trinajstić information content (AvgIpc) is 2.46. The largest absolute Gasteiger partial charge is 0.465 e. The van der Waals surface area contributed by atoms with Crippen LogP contribution in [0.1, 0.15) is 72.6 Å². The molecule has 0 aromatic rings. The van der Waals surface area contributed by atoms with Crippen LogP contribution in [-0.2, 0) is 19.1 Å². The van der Waals surface area contributed by atoms with Crippen molar-refractivity contribution in [2.75, 3.05) is 13.2 Å². The molecule has 4 heteroatoms. The fourth-order valence-electron chi connectivity index (χ4n) is 2.08. The van der Waals surface area contributed by atoms with E-state index in [9.17, 15) is 9.59 Å². The zero-order chi connectivity index (χ0) is 15.4. The van der Waals surface area contributed by atoms with Crippen LogP contribution in [0, 0.1) is 5.41 Å². The van der Waals surface area contributed by atoms with Crippen molar-refractivity contribution in [1.82, 2.24) is 0 Å². The number of esters is 2. The first-order chi connectivity index (χ1) is 9.58. The summed E-state index contributed by atoms with van der Waals surface area (Å²) in [6, 6.07) is 0. The zero-order valence-electron chi connectivity index (χ0n) is 13.5. The third-order valence-corrected chi connectivity index (χ3v) is 3.66. The smallest absolute Gasteiger partial charge is 0.323 e. The van der Waals surface area contributed by atoms with Gasteiger partial charge in [-0.2, -0.15) is 0 Å². The maximum Gasteiger partial charge on any atom is 0.323 e. The molecule has 0 aliphatic heterocycles. The van der Waals surface area contributed by atoms with Crippen LogP contribution in [0.2, 0.25) is 0 Å². The zero-order valence-corrected chi connectivity index (χ0v) is 13.5. The summed E-state index contributed by atoms with van der Waals surface area (Å²) in [6.07, 6.45) is 5.78. The monoisotopic (exact) mass is 286 g/mol. The van der Waals surface area contributed by atoms with Crippen LogP contribution in [0.25, 0.3) is 0 Å². The fraction of sp³-hybridized carbons (Fsp3) is 0.875. The van der Waals surface area contributed by atoms with Crippen LogP contribution >= 0.6 is 0 Å². The van der Waals surface area contributed by atoms with E-state index < -0.39 is 17.4 Å².